The number of hydrogen-bond acceptors (Lipinski definition) is 2. The Morgan fingerprint density at radius 2 is 2.05 bits per heavy atom. The predicted molar refractivity (Wildman–Crippen MR) is 72.7 cm³/mol. The van der Waals surface area contributed by atoms with E-state index in [2.05, 4.69) is 5.32 Å². The second-order valence-corrected chi connectivity index (χ2v) is 4.58. The van der Waals surface area contributed by atoms with Crippen molar-refractivity contribution in [2.45, 2.75) is 32.4 Å². The molecule has 1 atom stereocenters. The number of hydrogen-bond donors (Lipinski definition) is 2. The van der Waals surface area contributed by atoms with Gasteiger partial charge in [0.15, 0.2) is 0 Å². The minimum absolute atomic E-state index is 0.0803. The Morgan fingerprint density at radius 3 is 2.60 bits per heavy atom. The highest BCUT2D eigenvalue weighted by atomic mass is 19.1. The van der Waals surface area contributed by atoms with Crippen LogP contribution in [0.4, 0.5) is 9.18 Å². The van der Waals surface area contributed by atoms with Crippen LogP contribution in [-0.2, 0) is 11.3 Å². The summed E-state index contributed by atoms with van der Waals surface area (Å²) in [5, 5.41) is 11.4. The van der Waals surface area contributed by atoms with E-state index in [1.165, 1.54) is 18.0 Å². The summed E-state index contributed by atoms with van der Waals surface area (Å²) < 4.78 is 13.5. The van der Waals surface area contributed by atoms with E-state index < -0.39 is 23.9 Å². The van der Waals surface area contributed by atoms with Gasteiger partial charge >= 0.3 is 12.0 Å². The Bertz CT molecular complexity index is 479. The quantitative estimate of drug-likeness (QED) is 0.840. The monoisotopic (exact) mass is 282 g/mol. The molecule has 0 aliphatic heterocycles. The molecule has 110 valence electrons. The summed E-state index contributed by atoms with van der Waals surface area (Å²) in [6.45, 7) is 1.92. The average Bonchev–Trinajstić information content (AvgIpc) is 2.40. The van der Waals surface area contributed by atoms with Crippen LogP contribution in [0, 0.1) is 5.82 Å². The van der Waals surface area contributed by atoms with Gasteiger partial charge in [0.2, 0.25) is 0 Å². The Balaban J connectivity index is 2.63. The predicted octanol–water partition coefficient (Wildman–Crippen LogP) is 2.22. The number of nitrogens with one attached hydrogen (secondary N) is 1. The fraction of sp³-hybridized carbons (Fsp3) is 0.429. The summed E-state index contributed by atoms with van der Waals surface area (Å²) in [7, 11) is 1.49. The average molecular weight is 282 g/mol. The van der Waals surface area contributed by atoms with Crippen molar-refractivity contribution in [1.29, 1.82) is 0 Å². The van der Waals surface area contributed by atoms with Crippen LogP contribution in [0.15, 0.2) is 24.3 Å². The van der Waals surface area contributed by atoms with E-state index in [4.69, 9.17) is 5.11 Å². The van der Waals surface area contributed by atoms with Crippen LogP contribution >= 0.6 is 0 Å². The molecule has 0 saturated carbocycles. The number of nitrogens with zero attached hydrogens (tertiary/aromatic N) is 1. The smallest absolute Gasteiger partial charge is 0.326 e. The molecule has 2 N–H and O–H groups in total. The van der Waals surface area contributed by atoms with Crippen LogP contribution in [0.5, 0.6) is 0 Å². The first kappa shape index (κ1) is 15.9. The van der Waals surface area contributed by atoms with Gasteiger partial charge in [-0.2, -0.15) is 0 Å². The number of benzene rings is 1. The summed E-state index contributed by atoms with van der Waals surface area (Å²) >= 11 is 0. The third-order valence-electron chi connectivity index (χ3n) is 2.89. The van der Waals surface area contributed by atoms with Crippen LogP contribution in [0.25, 0.3) is 0 Å². The molecule has 0 aliphatic carbocycles. The summed E-state index contributed by atoms with van der Waals surface area (Å²) in [5.74, 6) is -1.46. The fourth-order valence-corrected chi connectivity index (χ4v) is 1.76. The summed E-state index contributed by atoms with van der Waals surface area (Å²) in [4.78, 5) is 24.1. The maximum Gasteiger partial charge on any atom is 0.326 e. The molecular weight excluding hydrogens is 263 g/mol. The van der Waals surface area contributed by atoms with Crippen LogP contribution in [0.2, 0.25) is 0 Å². The second kappa shape index (κ2) is 7.47. The molecule has 0 saturated heterocycles. The lowest BCUT2D eigenvalue weighted by molar-refractivity contribution is -0.139. The lowest BCUT2D eigenvalue weighted by Gasteiger charge is -2.21. The Kier molecular flexibility index (Phi) is 5.96. The van der Waals surface area contributed by atoms with Crippen molar-refractivity contribution >= 4 is 12.0 Å². The number of amides is 2. The van der Waals surface area contributed by atoms with Gasteiger partial charge in [-0.05, 0) is 12.5 Å². The number of aliphatic carboxylic acids is 1. The van der Waals surface area contributed by atoms with E-state index >= 15 is 0 Å². The normalized spacial score (nSPS) is 11.8. The summed E-state index contributed by atoms with van der Waals surface area (Å²) in [6, 6.07) is 4.70. The van der Waals surface area contributed by atoms with Crippen molar-refractivity contribution in [3.63, 3.8) is 0 Å². The van der Waals surface area contributed by atoms with Gasteiger partial charge in [-0.25, -0.2) is 14.0 Å². The van der Waals surface area contributed by atoms with Gasteiger partial charge < -0.3 is 15.3 Å². The Morgan fingerprint density at radius 1 is 1.40 bits per heavy atom. The van der Waals surface area contributed by atoms with E-state index in [1.807, 2.05) is 6.92 Å². The number of halogens is 1. The van der Waals surface area contributed by atoms with Crippen molar-refractivity contribution < 1.29 is 19.1 Å². The zero-order valence-electron chi connectivity index (χ0n) is 11.6. The third kappa shape index (κ3) is 4.53. The molecule has 20 heavy (non-hydrogen) atoms. The van der Waals surface area contributed by atoms with Crippen LogP contribution in [0.3, 0.4) is 0 Å². The minimum atomic E-state index is -1.07. The van der Waals surface area contributed by atoms with E-state index in [0.29, 0.717) is 18.4 Å². The van der Waals surface area contributed by atoms with Gasteiger partial charge in [0, 0.05) is 19.2 Å². The van der Waals surface area contributed by atoms with E-state index in [-0.39, 0.29) is 6.54 Å². The maximum absolute atomic E-state index is 13.5. The first-order chi connectivity index (χ1) is 9.45. The van der Waals surface area contributed by atoms with Crippen molar-refractivity contribution in [2.75, 3.05) is 7.05 Å². The van der Waals surface area contributed by atoms with Gasteiger partial charge in [0.25, 0.3) is 0 Å². The molecule has 0 spiro atoms. The molecular formula is C14H19FN2O3. The Hall–Kier alpha value is -2.11. The number of carbonyl (C=O) groups excluding carboxylic acids is 1. The summed E-state index contributed by atoms with van der Waals surface area (Å²) in [5.41, 5.74) is 0.382. The molecule has 0 aliphatic rings. The van der Waals surface area contributed by atoms with Gasteiger partial charge in [-0.1, -0.05) is 31.5 Å². The Labute approximate surface area is 117 Å². The van der Waals surface area contributed by atoms with Crippen molar-refractivity contribution in [3.8, 4) is 0 Å². The van der Waals surface area contributed by atoms with Gasteiger partial charge in [0.05, 0.1) is 0 Å². The third-order valence-corrected chi connectivity index (χ3v) is 2.89. The highest BCUT2D eigenvalue weighted by Crippen LogP contribution is 2.09. The molecule has 0 heterocycles. The van der Waals surface area contributed by atoms with Crippen molar-refractivity contribution in [1.82, 2.24) is 10.2 Å². The van der Waals surface area contributed by atoms with Crippen LogP contribution in [-0.4, -0.2) is 35.1 Å². The highest BCUT2D eigenvalue weighted by Gasteiger charge is 2.21. The molecule has 2 amide bonds. The number of carboxylic acids is 1. The maximum atomic E-state index is 13.5. The number of urea groups is 1. The SMILES string of the molecule is CCC[C@H](NC(=O)N(C)Cc1ccccc1F)C(=O)O. The largest absolute Gasteiger partial charge is 0.480 e. The van der Waals surface area contributed by atoms with E-state index in [9.17, 15) is 14.0 Å². The number of carbonyl (C=O) groups is 2. The minimum Gasteiger partial charge on any atom is -0.480 e. The molecule has 1 aromatic rings. The lowest BCUT2D eigenvalue weighted by Crippen LogP contribution is -2.46. The first-order valence-electron chi connectivity index (χ1n) is 6.43. The highest BCUT2D eigenvalue weighted by molar-refractivity contribution is 5.82. The summed E-state index contributed by atoms with van der Waals surface area (Å²) in [6.07, 6.45) is 1.00. The molecule has 0 bridgehead atoms. The van der Waals surface area contributed by atoms with Crippen molar-refractivity contribution in [3.05, 3.63) is 35.6 Å². The topological polar surface area (TPSA) is 69.6 Å². The van der Waals surface area contributed by atoms with Crippen LogP contribution < -0.4 is 5.32 Å². The second-order valence-electron chi connectivity index (χ2n) is 4.58. The van der Waals surface area contributed by atoms with E-state index in [1.54, 1.807) is 18.2 Å². The van der Waals surface area contributed by atoms with E-state index in [0.717, 1.165) is 0 Å². The molecule has 1 rings (SSSR count). The molecule has 0 fully saturated rings. The number of rotatable bonds is 6. The molecule has 6 heteroatoms. The molecule has 5 nitrogen and oxygen atoms in total. The standard InChI is InChI=1S/C14H19FN2O3/c1-3-6-12(13(18)19)16-14(20)17(2)9-10-7-4-5-8-11(10)15/h4-5,7-8,12H,3,6,9H2,1-2H3,(H,16,20)(H,18,19)/t12-/m0/s1. The molecule has 0 radical (unpaired) electrons. The van der Waals surface area contributed by atoms with Crippen LogP contribution in [0.1, 0.15) is 25.3 Å². The van der Waals surface area contributed by atoms with Gasteiger partial charge in [-0.3, -0.25) is 0 Å². The van der Waals surface area contributed by atoms with Gasteiger partial charge in [-0.15, -0.1) is 0 Å². The molecule has 0 unspecified atom stereocenters. The lowest BCUT2D eigenvalue weighted by atomic mass is 10.1. The van der Waals surface area contributed by atoms with Crippen molar-refractivity contribution in [2.24, 2.45) is 0 Å². The zero-order chi connectivity index (χ0) is 15.1. The zero-order valence-corrected chi connectivity index (χ0v) is 11.6. The number of carboxylic acid groups (broad SMARTS) is 1. The van der Waals surface area contributed by atoms with Gasteiger partial charge in [0.1, 0.15) is 11.9 Å². The first-order valence-corrected chi connectivity index (χ1v) is 6.43. The molecule has 0 aromatic heterocycles. The fourth-order valence-electron chi connectivity index (χ4n) is 1.76. The molecule has 1 aromatic carbocycles.